The van der Waals surface area contributed by atoms with Gasteiger partial charge in [-0.1, -0.05) is 32.1 Å². The fourth-order valence-corrected chi connectivity index (χ4v) is 2.43. The number of allylic oxidation sites excluding steroid dienone is 1. The van der Waals surface area contributed by atoms with Crippen LogP contribution in [-0.4, -0.2) is 25.8 Å². The van der Waals surface area contributed by atoms with Crippen LogP contribution in [-0.2, 0) is 0 Å². The van der Waals surface area contributed by atoms with Crippen LogP contribution in [0.3, 0.4) is 0 Å². The molecule has 0 N–H and O–H groups in total. The lowest BCUT2D eigenvalue weighted by Gasteiger charge is -2.25. The van der Waals surface area contributed by atoms with E-state index in [-0.39, 0.29) is 0 Å². The van der Waals surface area contributed by atoms with Crippen molar-refractivity contribution in [1.29, 1.82) is 0 Å². The van der Waals surface area contributed by atoms with E-state index in [1.165, 1.54) is 29.7 Å². The summed E-state index contributed by atoms with van der Waals surface area (Å²) in [6.45, 7) is 14.9. The molecule has 0 saturated carbocycles. The second-order valence-electron chi connectivity index (χ2n) is 5.31. The molecule has 0 amide bonds. The summed E-state index contributed by atoms with van der Waals surface area (Å²) in [7, 11) is 1.85. The van der Waals surface area contributed by atoms with Crippen molar-refractivity contribution in [1.82, 2.24) is 0 Å². The van der Waals surface area contributed by atoms with Gasteiger partial charge in [0.1, 0.15) is 0 Å². The Kier molecular flexibility index (Phi) is 6.50. The lowest BCUT2D eigenvalue weighted by Crippen LogP contribution is -2.25. The van der Waals surface area contributed by atoms with Crippen molar-refractivity contribution in [3.05, 3.63) is 35.9 Å². The summed E-state index contributed by atoms with van der Waals surface area (Å²) in [5.74, 6) is 0. The van der Waals surface area contributed by atoms with Crippen LogP contribution < -0.4 is 4.90 Å². The Balaban J connectivity index is 3.26. The number of anilines is 1. The number of aliphatic imine (C=N–C) groups is 1. The lowest BCUT2D eigenvalue weighted by atomic mass is 9.97. The minimum atomic E-state index is 1.07. The summed E-state index contributed by atoms with van der Waals surface area (Å²) in [6.07, 6.45) is 2.33. The molecule has 0 heterocycles. The molecule has 0 aromatic heterocycles. The largest absolute Gasteiger partial charge is 0.372 e. The SMILES string of the molecule is C=C(C)c1ccc(N(CCC)CCC)cc1C(C)=NC. The Labute approximate surface area is 124 Å². The average molecular weight is 272 g/mol. The summed E-state index contributed by atoms with van der Waals surface area (Å²) in [5.41, 5.74) is 5.85. The predicted octanol–water partition coefficient (Wildman–Crippen LogP) is 4.78. The standard InChI is InChI=1S/C18H28N2/c1-7-11-20(12-8-2)16-9-10-17(14(3)4)18(13-16)15(5)19-6/h9-10,13H,3,7-8,11-12H2,1-2,4-6H3. The summed E-state index contributed by atoms with van der Waals surface area (Å²) in [5, 5.41) is 0. The van der Waals surface area contributed by atoms with Gasteiger partial charge in [0.15, 0.2) is 0 Å². The van der Waals surface area contributed by atoms with Crippen LogP contribution in [0.5, 0.6) is 0 Å². The van der Waals surface area contributed by atoms with Gasteiger partial charge in [-0.2, -0.15) is 0 Å². The monoisotopic (exact) mass is 272 g/mol. The van der Waals surface area contributed by atoms with E-state index in [1.54, 1.807) is 0 Å². The van der Waals surface area contributed by atoms with Gasteiger partial charge in [-0.25, -0.2) is 0 Å². The number of hydrogen-bond donors (Lipinski definition) is 0. The molecule has 0 atom stereocenters. The first-order chi connectivity index (χ1) is 9.54. The van der Waals surface area contributed by atoms with Crippen LogP contribution in [0.4, 0.5) is 5.69 Å². The summed E-state index contributed by atoms with van der Waals surface area (Å²) in [4.78, 5) is 6.80. The third-order valence-corrected chi connectivity index (χ3v) is 3.54. The van der Waals surface area contributed by atoms with E-state index in [4.69, 9.17) is 0 Å². The summed E-state index contributed by atoms with van der Waals surface area (Å²) < 4.78 is 0. The van der Waals surface area contributed by atoms with Crippen molar-refractivity contribution in [2.24, 2.45) is 4.99 Å². The van der Waals surface area contributed by atoms with Gasteiger partial charge >= 0.3 is 0 Å². The summed E-state index contributed by atoms with van der Waals surface area (Å²) in [6, 6.07) is 6.65. The fraction of sp³-hybridized carbons (Fsp3) is 0.500. The average Bonchev–Trinajstić information content (AvgIpc) is 2.45. The smallest absolute Gasteiger partial charge is 0.0393 e. The molecule has 2 heteroatoms. The Morgan fingerprint density at radius 1 is 1.10 bits per heavy atom. The molecule has 0 radical (unpaired) electrons. The molecule has 1 rings (SSSR count). The van der Waals surface area contributed by atoms with Gasteiger partial charge in [0.2, 0.25) is 0 Å². The number of rotatable bonds is 7. The zero-order valence-corrected chi connectivity index (χ0v) is 13.7. The Hall–Kier alpha value is -1.57. The van der Waals surface area contributed by atoms with Crippen molar-refractivity contribution in [3.63, 3.8) is 0 Å². The van der Waals surface area contributed by atoms with Crippen LogP contribution >= 0.6 is 0 Å². The first kappa shape index (κ1) is 16.5. The van der Waals surface area contributed by atoms with Gasteiger partial charge < -0.3 is 4.90 Å². The van der Waals surface area contributed by atoms with Crippen molar-refractivity contribution in [2.75, 3.05) is 25.0 Å². The Bertz CT molecular complexity index is 480. The minimum absolute atomic E-state index is 1.07. The van der Waals surface area contributed by atoms with Gasteiger partial charge in [0.05, 0.1) is 0 Å². The van der Waals surface area contributed by atoms with E-state index in [0.717, 1.165) is 24.4 Å². The molecule has 0 spiro atoms. The predicted molar refractivity (Wildman–Crippen MR) is 92.1 cm³/mol. The zero-order valence-electron chi connectivity index (χ0n) is 13.7. The van der Waals surface area contributed by atoms with Crippen molar-refractivity contribution < 1.29 is 0 Å². The highest BCUT2D eigenvalue weighted by Gasteiger charge is 2.11. The third-order valence-electron chi connectivity index (χ3n) is 3.54. The van der Waals surface area contributed by atoms with Crippen LogP contribution in [0.15, 0.2) is 29.8 Å². The van der Waals surface area contributed by atoms with Crippen LogP contribution in [0.2, 0.25) is 0 Å². The number of hydrogen-bond acceptors (Lipinski definition) is 2. The van der Waals surface area contributed by atoms with Gasteiger partial charge in [-0.3, -0.25) is 4.99 Å². The second kappa shape index (κ2) is 7.88. The highest BCUT2D eigenvalue weighted by Crippen LogP contribution is 2.25. The molecular formula is C18H28N2. The maximum Gasteiger partial charge on any atom is 0.0393 e. The zero-order chi connectivity index (χ0) is 15.1. The minimum Gasteiger partial charge on any atom is -0.372 e. The molecular weight excluding hydrogens is 244 g/mol. The van der Waals surface area contributed by atoms with Crippen molar-refractivity contribution in [2.45, 2.75) is 40.5 Å². The quantitative estimate of drug-likeness (QED) is 0.652. The molecule has 0 fully saturated rings. The van der Waals surface area contributed by atoms with Gasteiger partial charge in [0.25, 0.3) is 0 Å². The molecule has 0 saturated heterocycles. The topological polar surface area (TPSA) is 15.6 Å². The van der Waals surface area contributed by atoms with Crippen molar-refractivity contribution >= 4 is 17.0 Å². The van der Waals surface area contributed by atoms with Crippen LogP contribution in [0.1, 0.15) is 51.7 Å². The lowest BCUT2D eigenvalue weighted by molar-refractivity contribution is 0.745. The van der Waals surface area contributed by atoms with Gasteiger partial charge in [0, 0.05) is 37.1 Å². The first-order valence-electron chi connectivity index (χ1n) is 7.53. The van der Waals surface area contributed by atoms with E-state index < -0.39 is 0 Å². The molecule has 0 aliphatic carbocycles. The molecule has 110 valence electrons. The second-order valence-corrected chi connectivity index (χ2v) is 5.31. The Morgan fingerprint density at radius 2 is 1.70 bits per heavy atom. The maximum atomic E-state index is 4.35. The number of nitrogens with zero attached hydrogens (tertiary/aromatic N) is 2. The maximum absolute atomic E-state index is 4.35. The van der Waals surface area contributed by atoms with Crippen molar-refractivity contribution in [3.8, 4) is 0 Å². The van der Waals surface area contributed by atoms with E-state index in [1.807, 2.05) is 7.05 Å². The van der Waals surface area contributed by atoms with Gasteiger partial charge in [-0.15, -0.1) is 0 Å². The Morgan fingerprint density at radius 3 is 2.15 bits per heavy atom. The molecule has 0 aliphatic rings. The highest BCUT2D eigenvalue weighted by atomic mass is 15.1. The normalized spacial score (nSPS) is 11.6. The van der Waals surface area contributed by atoms with E-state index in [2.05, 4.69) is 62.4 Å². The molecule has 2 nitrogen and oxygen atoms in total. The molecule has 0 unspecified atom stereocenters. The first-order valence-corrected chi connectivity index (χ1v) is 7.53. The summed E-state index contributed by atoms with van der Waals surface area (Å²) >= 11 is 0. The van der Waals surface area contributed by atoms with Gasteiger partial charge in [-0.05, 0) is 44.4 Å². The fourth-order valence-electron chi connectivity index (χ4n) is 2.43. The highest BCUT2D eigenvalue weighted by molar-refractivity contribution is 6.03. The molecule has 0 bridgehead atoms. The molecule has 1 aromatic carbocycles. The van der Waals surface area contributed by atoms with Crippen LogP contribution in [0.25, 0.3) is 5.57 Å². The molecule has 1 aromatic rings. The van der Waals surface area contributed by atoms with E-state index in [0.29, 0.717) is 0 Å². The molecule has 0 aliphatic heterocycles. The van der Waals surface area contributed by atoms with Crippen LogP contribution in [0, 0.1) is 0 Å². The molecule has 20 heavy (non-hydrogen) atoms. The van der Waals surface area contributed by atoms with E-state index in [9.17, 15) is 0 Å². The number of benzene rings is 1. The van der Waals surface area contributed by atoms with E-state index >= 15 is 0 Å². The third kappa shape index (κ3) is 3.96.